The molecule has 8 heteroatoms. The highest BCUT2D eigenvalue weighted by molar-refractivity contribution is 5.75. The first kappa shape index (κ1) is 19.3. The number of H-pyrrole nitrogens is 1. The van der Waals surface area contributed by atoms with Crippen LogP contribution in [-0.2, 0) is 13.6 Å². The van der Waals surface area contributed by atoms with Gasteiger partial charge < -0.3 is 14.5 Å². The molecule has 4 aromatic rings. The van der Waals surface area contributed by atoms with Crippen molar-refractivity contribution in [3.8, 4) is 22.8 Å². The molecule has 7 nitrogen and oxygen atoms in total. The molecule has 1 saturated heterocycles. The van der Waals surface area contributed by atoms with Gasteiger partial charge in [-0.25, -0.2) is 9.37 Å². The van der Waals surface area contributed by atoms with Gasteiger partial charge in [0.05, 0.1) is 22.8 Å². The summed E-state index contributed by atoms with van der Waals surface area (Å²) in [5, 5.41) is 4.74. The maximum Gasteiger partial charge on any atom is 0.162 e. The van der Waals surface area contributed by atoms with Gasteiger partial charge in [-0.2, -0.15) is 5.10 Å². The van der Waals surface area contributed by atoms with Crippen LogP contribution in [0.3, 0.4) is 0 Å². The van der Waals surface area contributed by atoms with Gasteiger partial charge in [-0.15, -0.1) is 0 Å². The number of ether oxygens (including phenoxy) is 2. The number of fused-ring (bicyclic) bond motifs is 2. The maximum atomic E-state index is 13.6. The summed E-state index contributed by atoms with van der Waals surface area (Å²) in [4.78, 5) is 10.5. The normalized spacial score (nSPS) is 18.5. The van der Waals surface area contributed by atoms with Gasteiger partial charge >= 0.3 is 0 Å². The monoisotopic (exact) mass is 433 g/mol. The zero-order valence-electron chi connectivity index (χ0n) is 17.8. The molecule has 2 aromatic heterocycles. The molecule has 0 aliphatic carbocycles. The lowest BCUT2D eigenvalue weighted by Gasteiger charge is -2.23. The lowest BCUT2D eigenvalue weighted by molar-refractivity contribution is 0.171. The van der Waals surface area contributed by atoms with E-state index in [9.17, 15) is 4.39 Å². The van der Waals surface area contributed by atoms with Crippen molar-refractivity contribution in [3.05, 3.63) is 59.8 Å². The number of aryl methyl sites for hydroxylation is 1. The highest BCUT2D eigenvalue weighted by atomic mass is 19.1. The lowest BCUT2D eigenvalue weighted by atomic mass is 10.1. The maximum absolute atomic E-state index is 13.6. The molecule has 6 rings (SSSR count). The number of hydrogen-bond acceptors (Lipinski definition) is 5. The Labute approximate surface area is 184 Å². The third-order valence-corrected chi connectivity index (χ3v) is 6.24. The molecule has 2 aromatic carbocycles. The van der Waals surface area contributed by atoms with E-state index in [-0.39, 0.29) is 11.9 Å². The summed E-state index contributed by atoms with van der Waals surface area (Å²) in [6.07, 6.45) is 4.19. The zero-order chi connectivity index (χ0) is 21.7. The number of halogens is 1. The number of benzene rings is 2. The van der Waals surface area contributed by atoms with E-state index in [2.05, 4.69) is 16.1 Å². The van der Waals surface area contributed by atoms with Gasteiger partial charge in [-0.05, 0) is 55.8 Å². The molecule has 0 spiro atoms. The molecule has 1 fully saturated rings. The second-order valence-electron chi connectivity index (χ2n) is 8.45. The van der Waals surface area contributed by atoms with E-state index in [4.69, 9.17) is 19.6 Å². The standard InChI is InChI=1S/C24H24FN5O2/c1-29-13-16(23(28-29)15-4-7-21-22(11-15)32-10-9-31-21)14-30-8-2-3-20(30)24-26-18-6-5-17(25)12-19(18)27-24/h4-7,11-13,20H,2-3,8-10,14H2,1H3,(H,26,27)/t20-/m1/s1. The molecule has 164 valence electrons. The second-order valence-corrected chi connectivity index (χ2v) is 8.45. The summed E-state index contributed by atoms with van der Waals surface area (Å²) in [6, 6.07) is 10.9. The molecule has 0 radical (unpaired) electrons. The summed E-state index contributed by atoms with van der Waals surface area (Å²) < 4.78 is 26.9. The van der Waals surface area contributed by atoms with Crippen molar-refractivity contribution >= 4 is 11.0 Å². The molecular formula is C24H24FN5O2. The Morgan fingerprint density at radius 1 is 1.12 bits per heavy atom. The topological polar surface area (TPSA) is 68.2 Å². The first-order valence-electron chi connectivity index (χ1n) is 11.0. The van der Waals surface area contributed by atoms with E-state index >= 15 is 0 Å². The van der Waals surface area contributed by atoms with Crippen LogP contribution in [0.1, 0.15) is 30.3 Å². The average Bonchev–Trinajstić information content (AvgIpc) is 3.51. The predicted octanol–water partition coefficient (Wildman–Crippen LogP) is 4.21. The van der Waals surface area contributed by atoms with Crippen molar-refractivity contribution in [2.24, 2.45) is 7.05 Å². The second kappa shape index (κ2) is 7.63. The van der Waals surface area contributed by atoms with Gasteiger partial charge in [-0.1, -0.05) is 0 Å². The Morgan fingerprint density at radius 3 is 2.91 bits per heavy atom. The first-order valence-corrected chi connectivity index (χ1v) is 11.0. The summed E-state index contributed by atoms with van der Waals surface area (Å²) in [5.41, 5.74) is 4.65. The molecule has 1 N–H and O–H groups in total. The molecule has 0 bridgehead atoms. The van der Waals surface area contributed by atoms with Gasteiger partial charge in [0.1, 0.15) is 24.9 Å². The fourth-order valence-corrected chi connectivity index (χ4v) is 4.79. The Morgan fingerprint density at radius 2 is 2.00 bits per heavy atom. The highest BCUT2D eigenvalue weighted by Gasteiger charge is 2.30. The van der Waals surface area contributed by atoms with Crippen molar-refractivity contribution in [2.75, 3.05) is 19.8 Å². The summed E-state index contributed by atoms with van der Waals surface area (Å²) in [7, 11) is 1.94. The molecule has 0 amide bonds. The molecular weight excluding hydrogens is 409 g/mol. The van der Waals surface area contributed by atoms with Crippen LogP contribution in [0.5, 0.6) is 11.5 Å². The van der Waals surface area contributed by atoms with Crippen molar-refractivity contribution in [3.63, 3.8) is 0 Å². The SMILES string of the molecule is Cn1cc(CN2CCC[C@@H]2c2nc3ccc(F)cc3[nH]2)c(-c2ccc3c(c2)OCCO3)n1. The van der Waals surface area contributed by atoms with Crippen LogP contribution < -0.4 is 9.47 Å². The van der Waals surface area contributed by atoms with E-state index in [1.807, 2.05) is 29.9 Å². The van der Waals surface area contributed by atoms with Gasteiger partial charge in [0.15, 0.2) is 11.5 Å². The number of nitrogens with zero attached hydrogens (tertiary/aromatic N) is 4. The van der Waals surface area contributed by atoms with Crippen molar-refractivity contribution in [1.29, 1.82) is 0 Å². The minimum atomic E-state index is -0.254. The van der Waals surface area contributed by atoms with Gasteiger partial charge in [0.2, 0.25) is 0 Å². The van der Waals surface area contributed by atoms with Crippen molar-refractivity contribution in [1.82, 2.24) is 24.6 Å². The highest BCUT2D eigenvalue weighted by Crippen LogP contribution is 2.37. The Bertz CT molecular complexity index is 1300. The fourth-order valence-electron chi connectivity index (χ4n) is 4.79. The molecule has 4 heterocycles. The largest absolute Gasteiger partial charge is 0.486 e. The molecule has 2 aliphatic heterocycles. The Balaban J connectivity index is 1.30. The van der Waals surface area contributed by atoms with E-state index in [0.29, 0.717) is 13.2 Å². The third kappa shape index (κ3) is 3.40. The van der Waals surface area contributed by atoms with Crippen LogP contribution >= 0.6 is 0 Å². The van der Waals surface area contributed by atoms with E-state index in [0.717, 1.165) is 71.1 Å². The quantitative estimate of drug-likeness (QED) is 0.522. The van der Waals surface area contributed by atoms with Crippen LogP contribution in [-0.4, -0.2) is 44.4 Å². The van der Waals surface area contributed by atoms with Crippen molar-refractivity contribution < 1.29 is 13.9 Å². The Hall–Kier alpha value is -3.39. The number of rotatable bonds is 4. The van der Waals surface area contributed by atoms with Crippen LogP contribution in [0.4, 0.5) is 4.39 Å². The van der Waals surface area contributed by atoms with Crippen LogP contribution in [0.15, 0.2) is 42.6 Å². The van der Waals surface area contributed by atoms with Gasteiger partial charge in [0.25, 0.3) is 0 Å². The molecule has 2 aliphatic rings. The van der Waals surface area contributed by atoms with Crippen LogP contribution in [0.2, 0.25) is 0 Å². The van der Waals surface area contributed by atoms with E-state index in [1.54, 1.807) is 6.07 Å². The minimum absolute atomic E-state index is 0.166. The molecule has 0 unspecified atom stereocenters. The smallest absolute Gasteiger partial charge is 0.162 e. The zero-order valence-corrected chi connectivity index (χ0v) is 17.8. The summed E-state index contributed by atoms with van der Waals surface area (Å²) >= 11 is 0. The number of hydrogen-bond donors (Lipinski definition) is 1. The van der Waals surface area contributed by atoms with Crippen LogP contribution in [0.25, 0.3) is 22.3 Å². The first-order chi connectivity index (χ1) is 15.6. The molecule has 1 atom stereocenters. The third-order valence-electron chi connectivity index (χ3n) is 6.24. The number of imidazole rings is 1. The fraction of sp³-hybridized carbons (Fsp3) is 0.333. The molecule has 0 saturated carbocycles. The number of nitrogens with one attached hydrogen (secondary N) is 1. The van der Waals surface area contributed by atoms with Gasteiger partial charge in [0, 0.05) is 30.9 Å². The molecule has 32 heavy (non-hydrogen) atoms. The number of likely N-dealkylation sites (tertiary alicyclic amines) is 1. The average molecular weight is 433 g/mol. The number of aromatic amines is 1. The minimum Gasteiger partial charge on any atom is -0.486 e. The van der Waals surface area contributed by atoms with Gasteiger partial charge in [-0.3, -0.25) is 9.58 Å². The predicted molar refractivity (Wildman–Crippen MR) is 118 cm³/mol. The number of aromatic nitrogens is 4. The van der Waals surface area contributed by atoms with Crippen LogP contribution in [0, 0.1) is 5.82 Å². The van der Waals surface area contributed by atoms with E-state index < -0.39 is 0 Å². The van der Waals surface area contributed by atoms with E-state index in [1.165, 1.54) is 12.1 Å². The summed E-state index contributed by atoms with van der Waals surface area (Å²) in [5.74, 6) is 2.18. The van der Waals surface area contributed by atoms with Crippen molar-refractivity contribution in [2.45, 2.75) is 25.4 Å². The Kier molecular flexibility index (Phi) is 4.61. The summed E-state index contributed by atoms with van der Waals surface area (Å²) in [6.45, 7) is 2.87. The lowest BCUT2D eigenvalue weighted by Crippen LogP contribution is -2.23.